The van der Waals surface area contributed by atoms with Gasteiger partial charge in [0.1, 0.15) is 11.5 Å². The summed E-state index contributed by atoms with van der Waals surface area (Å²) in [6.45, 7) is 1.88. The van der Waals surface area contributed by atoms with Gasteiger partial charge in [-0.1, -0.05) is 29.3 Å². The number of hydrogen-bond donors (Lipinski definition) is 1. The summed E-state index contributed by atoms with van der Waals surface area (Å²) in [6.07, 6.45) is 3.38. The molecule has 2 aromatic heterocycles. The highest BCUT2D eigenvalue weighted by Crippen LogP contribution is 2.26. The summed E-state index contributed by atoms with van der Waals surface area (Å²) in [7, 11) is 0. The molecule has 0 fully saturated rings. The van der Waals surface area contributed by atoms with Crippen molar-refractivity contribution in [3.63, 3.8) is 0 Å². The van der Waals surface area contributed by atoms with E-state index in [1.54, 1.807) is 12.3 Å². The Morgan fingerprint density at radius 1 is 1.24 bits per heavy atom. The maximum absolute atomic E-state index is 12.0. The molecule has 0 aliphatic heterocycles. The van der Waals surface area contributed by atoms with E-state index >= 15 is 0 Å². The van der Waals surface area contributed by atoms with Crippen molar-refractivity contribution < 1.29 is 9.21 Å². The van der Waals surface area contributed by atoms with Crippen LogP contribution < -0.4 is 5.32 Å². The fraction of sp³-hybridized carbons (Fsp3) is 0.222. The van der Waals surface area contributed by atoms with Gasteiger partial charge in [0.05, 0.1) is 10.0 Å². The number of furan rings is 1. The first-order chi connectivity index (χ1) is 12.0. The smallest absolute Gasteiger partial charge is 0.226 e. The van der Waals surface area contributed by atoms with Gasteiger partial charge < -0.3 is 9.73 Å². The molecule has 130 valence electrons. The SMILES string of the molecule is Cc1ccc(CCC(=O)Nc2ncc(Cc3ccc(Cl)c(Cl)c3)s2)o1. The summed E-state index contributed by atoms with van der Waals surface area (Å²) in [6, 6.07) is 9.33. The van der Waals surface area contributed by atoms with Crippen LogP contribution in [0.4, 0.5) is 5.13 Å². The van der Waals surface area contributed by atoms with E-state index in [4.69, 9.17) is 27.6 Å². The van der Waals surface area contributed by atoms with Crippen molar-refractivity contribution >= 4 is 45.6 Å². The van der Waals surface area contributed by atoms with Crippen LogP contribution in [-0.4, -0.2) is 10.9 Å². The summed E-state index contributed by atoms with van der Waals surface area (Å²) in [5.74, 6) is 1.58. The van der Waals surface area contributed by atoms with E-state index in [9.17, 15) is 4.79 Å². The largest absolute Gasteiger partial charge is 0.466 e. The van der Waals surface area contributed by atoms with Crippen molar-refractivity contribution in [1.82, 2.24) is 4.98 Å². The molecule has 3 rings (SSSR count). The number of aryl methyl sites for hydroxylation is 2. The zero-order valence-electron chi connectivity index (χ0n) is 13.5. The van der Waals surface area contributed by atoms with Crippen LogP contribution in [0.25, 0.3) is 0 Å². The Kier molecular flexibility index (Phi) is 5.78. The molecule has 0 saturated heterocycles. The van der Waals surface area contributed by atoms with E-state index in [-0.39, 0.29) is 5.91 Å². The molecule has 2 heterocycles. The van der Waals surface area contributed by atoms with Crippen molar-refractivity contribution in [2.45, 2.75) is 26.2 Å². The number of rotatable bonds is 6. The van der Waals surface area contributed by atoms with Crippen LogP contribution in [0.15, 0.2) is 40.9 Å². The molecule has 1 aromatic carbocycles. The molecule has 0 saturated carbocycles. The first-order valence-corrected chi connectivity index (χ1v) is 9.30. The topological polar surface area (TPSA) is 55.1 Å². The highest BCUT2D eigenvalue weighted by atomic mass is 35.5. The molecule has 25 heavy (non-hydrogen) atoms. The minimum atomic E-state index is -0.0792. The second-order valence-electron chi connectivity index (χ2n) is 5.62. The molecule has 0 aliphatic rings. The van der Waals surface area contributed by atoms with Crippen molar-refractivity contribution in [1.29, 1.82) is 0 Å². The number of amides is 1. The van der Waals surface area contributed by atoms with Crippen molar-refractivity contribution in [2.24, 2.45) is 0 Å². The third kappa shape index (κ3) is 5.08. The fourth-order valence-electron chi connectivity index (χ4n) is 2.34. The number of aromatic nitrogens is 1. The highest BCUT2D eigenvalue weighted by molar-refractivity contribution is 7.15. The van der Waals surface area contributed by atoms with Crippen molar-refractivity contribution in [2.75, 3.05) is 5.32 Å². The maximum Gasteiger partial charge on any atom is 0.226 e. The average Bonchev–Trinajstić information content (AvgIpc) is 3.18. The third-order valence-electron chi connectivity index (χ3n) is 3.56. The molecule has 1 amide bonds. The standard InChI is InChI=1S/C18H16Cl2N2O2S/c1-11-2-4-13(24-11)5-7-17(23)22-18-21-10-14(25-18)8-12-3-6-15(19)16(20)9-12/h2-4,6,9-10H,5,7-8H2,1H3,(H,21,22,23). The minimum absolute atomic E-state index is 0.0792. The summed E-state index contributed by atoms with van der Waals surface area (Å²) >= 11 is 13.4. The van der Waals surface area contributed by atoms with Gasteiger partial charge in [-0.3, -0.25) is 4.79 Å². The Balaban J connectivity index is 1.53. The molecule has 0 unspecified atom stereocenters. The molecule has 0 spiro atoms. The van der Waals surface area contributed by atoms with Gasteiger partial charge in [0.15, 0.2) is 5.13 Å². The molecule has 4 nitrogen and oxygen atoms in total. The van der Waals surface area contributed by atoms with Gasteiger partial charge in [0, 0.05) is 30.3 Å². The Labute approximate surface area is 159 Å². The highest BCUT2D eigenvalue weighted by Gasteiger charge is 2.09. The van der Waals surface area contributed by atoms with E-state index in [0.29, 0.717) is 34.4 Å². The van der Waals surface area contributed by atoms with E-state index in [1.807, 2.05) is 31.2 Å². The molecular weight excluding hydrogens is 379 g/mol. The van der Waals surface area contributed by atoms with E-state index in [2.05, 4.69) is 10.3 Å². The lowest BCUT2D eigenvalue weighted by Gasteiger charge is -2.01. The number of benzene rings is 1. The third-order valence-corrected chi connectivity index (χ3v) is 5.21. The van der Waals surface area contributed by atoms with Crippen LogP contribution >= 0.6 is 34.5 Å². The van der Waals surface area contributed by atoms with Gasteiger partial charge in [-0.2, -0.15) is 0 Å². The normalized spacial score (nSPS) is 10.8. The van der Waals surface area contributed by atoms with Gasteiger partial charge in [0.25, 0.3) is 0 Å². The van der Waals surface area contributed by atoms with Crippen LogP contribution in [0, 0.1) is 6.92 Å². The first-order valence-electron chi connectivity index (χ1n) is 7.73. The van der Waals surface area contributed by atoms with Gasteiger partial charge >= 0.3 is 0 Å². The fourth-order valence-corrected chi connectivity index (χ4v) is 3.52. The molecule has 1 N–H and O–H groups in total. The predicted molar refractivity (Wildman–Crippen MR) is 102 cm³/mol. The molecule has 0 radical (unpaired) electrons. The molecular formula is C18H16Cl2N2O2S. The summed E-state index contributed by atoms with van der Waals surface area (Å²) < 4.78 is 5.46. The second kappa shape index (κ2) is 8.04. The Morgan fingerprint density at radius 3 is 2.80 bits per heavy atom. The Morgan fingerprint density at radius 2 is 2.08 bits per heavy atom. The average molecular weight is 395 g/mol. The van der Waals surface area contributed by atoms with Gasteiger partial charge in [-0.25, -0.2) is 4.98 Å². The van der Waals surface area contributed by atoms with Crippen LogP contribution in [0.1, 0.15) is 28.4 Å². The number of halogens is 2. The molecule has 0 aliphatic carbocycles. The number of carbonyl (C=O) groups is 1. The first kappa shape index (κ1) is 18.0. The lowest BCUT2D eigenvalue weighted by molar-refractivity contribution is -0.116. The number of nitrogens with one attached hydrogen (secondary N) is 1. The van der Waals surface area contributed by atoms with Crippen LogP contribution in [0.2, 0.25) is 10.0 Å². The zero-order chi connectivity index (χ0) is 17.8. The zero-order valence-corrected chi connectivity index (χ0v) is 15.8. The Bertz CT molecular complexity index is 889. The van der Waals surface area contributed by atoms with E-state index in [0.717, 1.165) is 22.0 Å². The lowest BCUT2D eigenvalue weighted by atomic mass is 10.1. The molecule has 3 aromatic rings. The summed E-state index contributed by atoms with van der Waals surface area (Å²) in [4.78, 5) is 17.3. The maximum atomic E-state index is 12.0. The number of anilines is 1. The predicted octanol–water partition coefficient (Wildman–Crippen LogP) is 5.51. The van der Waals surface area contributed by atoms with Crippen LogP contribution in [-0.2, 0) is 17.6 Å². The summed E-state index contributed by atoms with van der Waals surface area (Å²) in [5.41, 5.74) is 1.05. The van der Waals surface area contributed by atoms with Gasteiger partial charge in [-0.15, -0.1) is 11.3 Å². The second-order valence-corrected chi connectivity index (χ2v) is 7.55. The number of thiazole rings is 1. The number of hydrogen-bond acceptors (Lipinski definition) is 4. The minimum Gasteiger partial charge on any atom is -0.466 e. The Hall–Kier alpha value is -1.82. The van der Waals surface area contributed by atoms with E-state index in [1.165, 1.54) is 11.3 Å². The summed E-state index contributed by atoms with van der Waals surface area (Å²) in [5, 5.41) is 4.49. The van der Waals surface area contributed by atoms with Gasteiger partial charge in [0.2, 0.25) is 5.91 Å². The monoisotopic (exact) mass is 394 g/mol. The van der Waals surface area contributed by atoms with E-state index < -0.39 is 0 Å². The van der Waals surface area contributed by atoms with Crippen molar-refractivity contribution in [3.8, 4) is 0 Å². The molecule has 7 heteroatoms. The molecule has 0 bridgehead atoms. The van der Waals surface area contributed by atoms with Crippen LogP contribution in [0.3, 0.4) is 0 Å². The van der Waals surface area contributed by atoms with Gasteiger partial charge in [-0.05, 0) is 36.8 Å². The lowest BCUT2D eigenvalue weighted by Crippen LogP contribution is -2.11. The van der Waals surface area contributed by atoms with Crippen molar-refractivity contribution in [3.05, 3.63) is 68.5 Å². The number of nitrogens with zero attached hydrogens (tertiary/aromatic N) is 1. The van der Waals surface area contributed by atoms with Crippen LogP contribution in [0.5, 0.6) is 0 Å². The number of carbonyl (C=O) groups excluding carboxylic acids is 1. The quantitative estimate of drug-likeness (QED) is 0.599. The molecule has 0 atom stereocenters.